The zero-order chi connectivity index (χ0) is 13.5. The van der Waals surface area contributed by atoms with E-state index in [0.717, 1.165) is 0 Å². The Morgan fingerprint density at radius 2 is 1.89 bits per heavy atom. The van der Waals surface area contributed by atoms with Crippen molar-refractivity contribution in [2.45, 2.75) is 12.8 Å². The Kier molecular flexibility index (Phi) is 5.31. The number of carbonyl (C=O) groups excluding carboxylic acids is 2. The molecule has 8 heteroatoms. The molecule has 1 rings (SSSR count). The van der Waals surface area contributed by atoms with E-state index in [-0.39, 0.29) is 24.2 Å². The summed E-state index contributed by atoms with van der Waals surface area (Å²) in [5, 5.41) is 20.5. The second-order valence-electron chi connectivity index (χ2n) is 3.61. The second kappa shape index (κ2) is 6.75. The molecule has 0 bridgehead atoms. The molecular formula is C10H14BN3O4. The van der Waals surface area contributed by atoms with Crippen LogP contribution in [-0.4, -0.2) is 29.0 Å². The fraction of sp³-hybridized carbons (Fsp3) is 0.200. The summed E-state index contributed by atoms with van der Waals surface area (Å²) in [6.45, 7) is 0. The number of nitrogens with one attached hydrogen (secondary N) is 2. The van der Waals surface area contributed by atoms with E-state index < -0.39 is 13.0 Å². The molecule has 0 radical (unpaired) electrons. The molecule has 0 unspecified atom stereocenters. The maximum atomic E-state index is 11.5. The van der Waals surface area contributed by atoms with E-state index in [1.807, 2.05) is 5.43 Å². The highest BCUT2D eigenvalue weighted by atomic mass is 16.4. The molecule has 0 aliphatic carbocycles. The molecule has 1 aromatic carbocycles. The third kappa shape index (κ3) is 4.54. The Morgan fingerprint density at radius 3 is 2.50 bits per heavy atom. The van der Waals surface area contributed by atoms with Crippen molar-refractivity contribution in [1.29, 1.82) is 0 Å². The van der Waals surface area contributed by atoms with Crippen molar-refractivity contribution < 1.29 is 19.6 Å². The smallest absolute Gasteiger partial charge is 0.423 e. The quantitative estimate of drug-likeness (QED) is 0.180. The van der Waals surface area contributed by atoms with Crippen LogP contribution in [0.25, 0.3) is 0 Å². The molecule has 18 heavy (non-hydrogen) atoms. The summed E-state index contributed by atoms with van der Waals surface area (Å²) in [5.74, 6) is 4.09. The largest absolute Gasteiger partial charge is 0.488 e. The third-order valence-corrected chi connectivity index (χ3v) is 2.21. The van der Waals surface area contributed by atoms with Gasteiger partial charge in [0.2, 0.25) is 11.8 Å². The average Bonchev–Trinajstić information content (AvgIpc) is 2.36. The Balaban J connectivity index is 2.54. The second-order valence-corrected chi connectivity index (χ2v) is 3.61. The third-order valence-electron chi connectivity index (χ3n) is 2.21. The number of hydrazine groups is 1. The summed E-state index contributed by atoms with van der Waals surface area (Å²) in [6.07, 6.45) is -0.0143. The molecule has 6 N–H and O–H groups in total. The first-order valence-corrected chi connectivity index (χ1v) is 5.28. The van der Waals surface area contributed by atoms with Crippen LogP contribution in [0.1, 0.15) is 12.8 Å². The van der Waals surface area contributed by atoms with E-state index in [1.54, 1.807) is 12.1 Å². The van der Waals surface area contributed by atoms with Gasteiger partial charge in [0.25, 0.3) is 0 Å². The molecule has 7 nitrogen and oxygen atoms in total. The molecule has 0 fully saturated rings. The highest BCUT2D eigenvalue weighted by Gasteiger charge is 2.12. The van der Waals surface area contributed by atoms with Crippen LogP contribution in [0.3, 0.4) is 0 Å². The van der Waals surface area contributed by atoms with Crippen molar-refractivity contribution in [1.82, 2.24) is 5.43 Å². The van der Waals surface area contributed by atoms with Crippen LogP contribution < -0.4 is 22.0 Å². The number of hydrogen-bond donors (Lipinski definition) is 5. The van der Waals surface area contributed by atoms with Gasteiger partial charge in [-0.2, -0.15) is 0 Å². The van der Waals surface area contributed by atoms with E-state index in [0.29, 0.717) is 5.69 Å². The van der Waals surface area contributed by atoms with Crippen LogP contribution in [0.2, 0.25) is 0 Å². The van der Waals surface area contributed by atoms with Crippen molar-refractivity contribution >= 4 is 30.1 Å². The number of hydrogen-bond acceptors (Lipinski definition) is 5. The van der Waals surface area contributed by atoms with E-state index in [4.69, 9.17) is 15.9 Å². The summed E-state index contributed by atoms with van der Waals surface area (Å²) in [7, 11) is -1.59. The molecule has 0 atom stereocenters. The maximum Gasteiger partial charge on any atom is 0.488 e. The molecule has 0 aliphatic rings. The van der Waals surface area contributed by atoms with Crippen LogP contribution in [0.15, 0.2) is 24.3 Å². The number of anilines is 1. The molecular weight excluding hydrogens is 237 g/mol. The molecule has 0 saturated carbocycles. The van der Waals surface area contributed by atoms with E-state index >= 15 is 0 Å². The zero-order valence-electron chi connectivity index (χ0n) is 9.59. The molecule has 1 aromatic rings. The number of benzene rings is 1. The van der Waals surface area contributed by atoms with Crippen LogP contribution in [0, 0.1) is 0 Å². The Labute approximate surface area is 104 Å². The minimum atomic E-state index is -1.59. The molecule has 2 amide bonds. The van der Waals surface area contributed by atoms with Gasteiger partial charge in [-0.15, -0.1) is 0 Å². The Bertz CT molecular complexity index is 439. The first-order valence-electron chi connectivity index (χ1n) is 5.28. The number of rotatable bonds is 5. The number of nitrogens with two attached hydrogens (primary N) is 1. The van der Waals surface area contributed by atoms with Crippen LogP contribution >= 0.6 is 0 Å². The molecule has 0 heterocycles. The minimum absolute atomic E-state index is 0.00502. The van der Waals surface area contributed by atoms with Crippen molar-refractivity contribution in [2.75, 3.05) is 5.32 Å². The van der Waals surface area contributed by atoms with Gasteiger partial charge in [0.15, 0.2) is 0 Å². The summed E-state index contributed by atoms with van der Waals surface area (Å²) in [6, 6.07) is 6.14. The van der Waals surface area contributed by atoms with Gasteiger partial charge in [0, 0.05) is 18.5 Å². The van der Waals surface area contributed by atoms with Gasteiger partial charge in [-0.05, 0) is 17.6 Å². The van der Waals surface area contributed by atoms with Gasteiger partial charge < -0.3 is 15.4 Å². The molecule has 0 aromatic heterocycles. The lowest BCUT2D eigenvalue weighted by Crippen LogP contribution is -2.31. The van der Waals surface area contributed by atoms with Gasteiger partial charge in [0.1, 0.15) is 0 Å². The Morgan fingerprint density at radius 1 is 1.22 bits per heavy atom. The first kappa shape index (κ1) is 14.2. The van der Waals surface area contributed by atoms with E-state index in [2.05, 4.69) is 5.32 Å². The summed E-state index contributed by atoms with van der Waals surface area (Å²) in [5.41, 5.74) is 2.62. The van der Waals surface area contributed by atoms with Gasteiger partial charge in [-0.3, -0.25) is 15.0 Å². The van der Waals surface area contributed by atoms with Crippen molar-refractivity contribution in [2.24, 2.45) is 5.84 Å². The lowest BCUT2D eigenvalue weighted by molar-refractivity contribution is -0.124. The van der Waals surface area contributed by atoms with Crippen molar-refractivity contribution in [3.63, 3.8) is 0 Å². The summed E-state index contributed by atoms with van der Waals surface area (Å²) >= 11 is 0. The van der Waals surface area contributed by atoms with E-state index in [1.165, 1.54) is 12.1 Å². The van der Waals surface area contributed by atoms with Gasteiger partial charge in [-0.25, -0.2) is 5.84 Å². The van der Waals surface area contributed by atoms with Crippen molar-refractivity contribution in [3.8, 4) is 0 Å². The molecule has 96 valence electrons. The maximum absolute atomic E-state index is 11.5. The average molecular weight is 251 g/mol. The highest BCUT2D eigenvalue weighted by Crippen LogP contribution is 2.05. The highest BCUT2D eigenvalue weighted by molar-refractivity contribution is 6.58. The van der Waals surface area contributed by atoms with Crippen LogP contribution in [0.4, 0.5) is 5.69 Å². The fourth-order valence-corrected chi connectivity index (χ4v) is 1.30. The van der Waals surface area contributed by atoms with Crippen molar-refractivity contribution in [3.05, 3.63) is 24.3 Å². The lowest BCUT2D eigenvalue weighted by Gasteiger charge is -2.06. The topological polar surface area (TPSA) is 125 Å². The predicted molar refractivity (Wildman–Crippen MR) is 66.5 cm³/mol. The van der Waals surface area contributed by atoms with Crippen LogP contribution in [0.5, 0.6) is 0 Å². The van der Waals surface area contributed by atoms with E-state index in [9.17, 15) is 9.59 Å². The normalized spacial score (nSPS) is 9.72. The predicted octanol–water partition coefficient (Wildman–Crippen LogP) is -1.92. The lowest BCUT2D eigenvalue weighted by atomic mass is 9.80. The van der Waals surface area contributed by atoms with Gasteiger partial charge >= 0.3 is 7.12 Å². The van der Waals surface area contributed by atoms with Crippen LogP contribution in [-0.2, 0) is 9.59 Å². The monoisotopic (exact) mass is 251 g/mol. The number of carbonyl (C=O) groups is 2. The van der Waals surface area contributed by atoms with Gasteiger partial charge in [0.05, 0.1) is 0 Å². The first-order chi connectivity index (χ1) is 8.52. The standard InChI is InChI=1S/C10H14BN3O4/c12-14-10(16)5-4-9(15)13-8-3-1-2-7(6-8)11(17)18/h1-3,6,17-18H,4-5,12H2,(H,13,15)(H,14,16). The number of amides is 2. The SMILES string of the molecule is NNC(=O)CCC(=O)Nc1cccc(B(O)O)c1. The molecule has 0 spiro atoms. The summed E-state index contributed by atoms with van der Waals surface area (Å²) in [4.78, 5) is 22.3. The molecule has 0 aliphatic heterocycles. The van der Waals surface area contributed by atoms with Gasteiger partial charge in [-0.1, -0.05) is 12.1 Å². The zero-order valence-corrected chi connectivity index (χ0v) is 9.59. The Hall–Kier alpha value is -1.90. The molecule has 0 saturated heterocycles. The summed E-state index contributed by atoms with van der Waals surface area (Å²) < 4.78 is 0. The minimum Gasteiger partial charge on any atom is -0.423 e. The fourth-order valence-electron chi connectivity index (χ4n) is 1.30.